The van der Waals surface area contributed by atoms with Crippen molar-refractivity contribution in [1.29, 1.82) is 0 Å². The molecule has 0 saturated carbocycles. The Kier molecular flexibility index (Phi) is 3.35. The van der Waals surface area contributed by atoms with Gasteiger partial charge in [0.25, 0.3) is 0 Å². The second-order valence-electron chi connectivity index (χ2n) is 6.40. The number of carbonyl (C=O) groups excluding carboxylic acids is 2. The molecule has 1 spiro atoms. The first-order valence-corrected chi connectivity index (χ1v) is 8.15. The van der Waals surface area contributed by atoms with Gasteiger partial charge in [-0.2, -0.15) is 0 Å². The second-order valence-corrected chi connectivity index (χ2v) is 6.40. The number of fused-ring (bicyclic) bond motifs is 3. The summed E-state index contributed by atoms with van der Waals surface area (Å²) >= 11 is 0. The fourth-order valence-electron chi connectivity index (χ4n) is 4.29. The van der Waals surface area contributed by atoms with E-state index in [4.69, 9.17) is 18.9 Å². The van der Waals surface area contributed by atoms with Crippen LogP contribution < -0.4 is 0 Å². The summed E-state index contributed by atoms with van der Waals surface area (Å²) in [6, 6.07) is 0. The number of rotatable bonds is 1. The molecule has 0 bridgehead atoms. The molecule has 4 aliphatic rings. The van der Waals surface area contributed by atoms with Gasteiger partial charge in [0.2, 0.25) is 11.2 Å². The summed E-state index contributed by atoms with van der Waals surface area (Å²) in [5.41, 5.74) is -0.620. The Labute approximate surface area is 134 Å². The van der Waals surface area contributed by atoms with Crippen molar-refractivity contribution in [3.63, 3.8) is 0 Å². The predicted molar refractivity (Wildman–Crippen MR) is 77.9 cm³/mol. The van der Waals surface area contributed by atoms with Crippen LogP contribution in [0.15, 0.2) is 23.5 Å². The molecule has 0 amide bonds. The molecule has 1 fully saturated rings. The smallest absolute Gasteiger partial charge is 0.335 e. The van der Waals surface area contributed by atoms with Crippen molar-refractivity contribution in [1.82, 2.24) is 0 Å². The number of hydrogen-bond acceptors (Lipinski definition) is 6. The summed E-state index contributed by atoms with van der Waals surface area (Å²) in [5, 5.41) is 0. The van der Waals surface area contributed by atoms with Crippen LogP contribution in [0.3, 0.4) is 0 Å². The lowest BCUT2D eigenvalue weighted by atomic mass is 9.66. The molecule has 1 saturated heterocycles. The van der Waals surface area contributed by atoms with E-state index in [1.54, 1.807) is 6.08 Å². The van der Waals surface area contributed by atoms with Crippen molar-refractivity contribution >= 4 is 11.9 Å². The standard InChI is InChI=1S/C17H20O6/c1-20-14(18)17-12(7-8-16(17)21-9-4-10-22-16)11-5-2-3-6-13(11)23-15(17)19/h7-8,12H,2-6,9-10H2,1H3. The van der Waals surface area contributed by atoms with Crippen LogP contribution in [0.1, 0.15) is 32.1 Å². The summed E-state index contributed by atoms with van der Waals surface area (Å²) < 4.78 is 22.3. The van der Waals surface area contributed by atoms with Gasteiger partial charge in [0.1, 0.15) is 5.76 Å². The van der Waals surface area contributed by atoms with E-state index in [1.807, 2.05) is 6.08 Å². The number of carbonyl (C=O) groups is 2. The first-order valence-electron chi connectivity index (χ1n) is 8.15. The number of methoxy groups -OCH3 is 1. The zero-order valence-corrected chi connectivity index (χ0v) is 13.1. The minimum atomic E-state index is -1.63. The van der Waals surface area contributed by atoms with Crippen LogP contribution in [0.25, 0.3) is 0 Å². The largest absolute Gasteiger partial charge is 0.468 e. The maximum Gasteiger partial charge on any atom is 0.335 e. The lowest BCUT2D eigenvalue weighted by molar-refractivity contribution is -0.291. The van der Waals surface area contributed by atoms with E-state index < -0.39 is 29.1 Å². The van der Waals surface area contributed by atoms with Crippen molar-refractivity contribution in [2.24, 2.45) is 11.3 Å². The van der Waals surface area contributed by atoms with Crippen molar-refractivity contribution < 1.29 is 28.5 Å². The Bertz CT molecular complexity index is 613. The quantitative estimate of drug-likeness (QED) is 0.417. The summed E-state index contributed by atoms with van der Waals surface area (Å²) in [4.78, 5) is 25.8. The van der Waals surface area contributed by atoms with E-state index in [1.165, 1.54) is 7.11 Å². The van der Waals surface area contributed by atoms with Crippen molar-refractivity contribution in [2.45, 2.75) is 37.9 Å². The molecule has 23 heavy (non-hydrogen) atoms. The Hall–Kier alpha value is -1.66. The zero-order chi connectivity index (χ0) is 16.1. The maximum atomic E-state index is 13.0. The summed E-state index contributed by atoms with van der Waals surface area (Å²) in [7, 11) is 1.28. The van der Waals surface area contributed by atoms with Crippen molar-refractivity contribution in [3.8, 4) is 0 Å². The molecular formula is C17H20O6. The average Bonchev–Trinajstić information content (AvgIpc) is 2.91. The number of allylic oxidation sites excluding steroid dienone is 3. The molecule has 2 heterocycles. The average molecular weight is 320 g/mol. The maximum absolute atomic E-state index is 13.0. The number of esters is 2. The first kappa shape index (κ1) is 14.9. The minimum absolute atomic E-state index is 0.412. The Morgan fingerprint density at radius 2 is 1.96 bits per heavy atom. The molecule has 0 radical (unpaired) electrons. The molecule has 0 aromatic rings. The normalized spacial score (nSPS) is 34.8. The van der Waals surface area contributed by atoms with Gasteiger partial charge in [-0.1, -0.05) is 6.08 Å². The molecule has 2 atom stereocenters. The Morgan fingerprint density at radius 1 is 1.22 bits per heavy atom. The van der Waals surface area contributed by atoms with Gasteiger partial charge in [-0.15, -0.1) is 0 Å². The van der Waals surface area contributed by atoms with E-state index in [-0.39, 0.29) is 0 Å². The molecule has 0 N–H and O–H groups in total. The van der Waals surface area contributed by atoms with Gasteiger partial charge in [-0.3, -0.25) is 9.59 Å². The van der Waals surface area contributed by atoms with Gasteiger partial charge in [-0.05, 0) is 37.3 Å². The van der Waals surface area contributed by atoms with E-state index in [9.17, 15) is 9.59 Å². The molecule has 0 aromatic heterocycles. The topological polar surface area (TPSA) is 71.1 Å². The van der Waals surface area contributed by atoms with Gasteiger partial charge >= 0.3 is 11.9 Å². The van der Waals surface area contributed by atoms with E-state index in [0.717, 1.165) is 37.7 Å². The highest BCUT2D eigenvalue weighted by molar-refractivity contribution is 6.05. The summed E-state index contributed by atoms with van der Waals surface area (Å²) in [6.07, 6.45) is 7.85. The van der Waals surface area contributed by atoms with Crippen LogP contribution in [-0.4, -0.2) is 38.0 Å². The Morgan fingerprint density at radius 3 is 2.70 bits per heavy atom. The van der Waals surface area contributed by atoms with Crippen molar-refractivity contribution in [2.75, 3.05) is 20.3 Å². The number of hydrogen-bond donors (Lipinski definition) is 0. The van der Waals surface area contributed by atoms with Crippen LogP contribution in [0.5, 0.6) is 0 Å². The minimum Gasteiger partial charge on any atom is -0.468 e. The lowest BCUT2D eigenvalue weighted by Crippen LogP contribution is -2.64. The highest BCUT2D eigenvalue weighted by Crippen LogP contribution is 2.58. The predicted octanol–water partition coefficient (Wildman–Crippen LogP) is 1.85. The molecule has 6 heteroatoms. The molecule has 2 aliphatic heterocycles. The molecule has 6 nitrogen and oxygen atoms in total. The monoisotopic (exact) mass is 320 g/mol. The highest BCUT2D eigenvalue weighted by atomic mass is 16.7. The third-order valence-electron chi connectivity index (χ3n) is 5.32. The van der Waals surface area contributed by atoms with Gasteiger partial charge in [0.15, 0.2) is 0 Å². The summed E-state index contributed by atoms with van der Waals surface area (Å²) in [6.45, 7) is 0.851. The fraction of sp³-hybridized carbons (Fsp3) is 0.647. The SMILES string of the molecule is COC(=O)C12C(=O)OC3=C(CCCC3)C1C=CC21OCCCO1. The van der Waals surface area contributed by atoms with Crippen LogP contribution in [-0.2, 0) is 28.5 Å². The summed E-state index contributed by atoms with van der Waals surface area (Å²) in [5.74, 6) is -2.40. The van der Waals surface area contributed by atoms with E-state index in [0.29, 0.717) is 19.0 Å². The van der Waals surface area contributed by atoms with Gasteiger partial charge < -0.3 is 18.9 Å². The van der Waals surface area contributed by atoms with Crippen molar-refractivity contribution in [3.05, 3.63) is 23.5 Å². The van der Waals surface area contributed by atoms with Gasteiger partial charge in [-0.25, -0.2) is 0 Å². The highest BCUT2D eigenvalue weighted by Gasteiger charge is 2.74. The lowest BCUT2D eigenvalue weighted by Gasteiger charge is -2.48. The van der Waals surface area contributed by atoms with E-state index >= 15 is 0 Å². The molecule has 124 valence electrons. The third kappa shape index (κ3) is 1.76. The molecule has 4 rings (SSSR count). The zero-order valence-electron chi connectivity index (χ0n) is 13.1. The first-order chi connectivity index (χ1) is 11.2. The van der Waals surface area contributed by atoms with E-state index in [2.05, 4.69) is 0 Å². The molecule has 2 aliphatic carbocycles. The fourth-order valence-corrected chi connectivity index (χ4v) is 4.29. The second kappa shape index (κ2) is 5.18. The Balaban J connectivity index is 1.89. The molecule has 0 aromatic carbocycles. The van der Waals surface area contributed by atoms with Crippen LogP contribution in [0, 0.1) is 11.3 Å². The van der Waals surface area contributed by atoms with Crippen LogP contribution >= 0.6 is 0 Å². The van der Waals surface area contributed by atoms with Gasteiger partial charge in [0.05, 0.1) is 20.3 Å². The van der Waals surface area contributed by atoms with Gasteiger partial charge in [0, 0.05) is 12.3 Å². The van der Waals surface area contributed by atoms with Crippen LogP contribution in [0.2, 0.25) is 0 Å². The molecular weight excluding hydrogens is 300 g/mol. The van der Waals surface area contributed by atoms with Crippen LogP contribution in [0.4, 0.5) is 0 Å². The number of ether oxygens (including phenoxy) is 4. The third-order valence-corrected chi connectivity index (χ3v) is 5.32. The molecule has 2 unspecified atom stereocenters.